The molecule has 6 heteroatoms. The zero-order valence-electron chi connectivity index (χ0n) is 8.30. The molecule has 0 unspecified atom stereocenters. The van der Waals surface area contributed by atoms with Crippen LogP contribution in [0.3, 0.4) is 0 Å². The smallest absolute Gasteiger partial charge is 0.339 e. The van der Waals surface area contributed by atoms with Crippen LogP contribution >= 0.6 is 24.8 Å². The minimum absolute atomic E-state index is 0. The number of pyridine rings is 1. The van der Waals surface area contributed by atoms with Crippen molar-refractivity contribution in [3.8, 4) is 0 Å². The lowest BCUT2D eigenvalue weighted by Crippen LogP contribution is -2.07. The fraction of sp³-hybridized carbons (Fsp3) is 0.333. The Morgan fingerprint density at radius 3 is 2.67 bits per heavy atom. The van der Waals surface area contributed by atoms with Crippen molar-refractivity contribution in [3.05, 3.63) is 29.6 Å². The third-order valence-electron chi connectivity index (χ3n) is 1.54. The van der Waals surface area contributed by atoms with Gasteiger partial charge in [-0.25, -0.2) is 4.79 Å². The van der Waals surface area contributed by atoms with E-state index in [0.717, 1.165) is 5.56 Å². The van der Waals surface area contributed by atoms with Gasteiger partial charge in [-0.15, -0.1) is 24.8 Å². The van der Waals surface area contributed by atoms with E-state index in [4.69, 9.17) is 10.5 Å². The molecule has 1 aromatic rings. The highest BCUT2D eigenvalue weighted by molar-refractivity contribution is 5.89. The molecule has 15 heavy (non-hydrogen) atoms. The predicted molar refractivity (Wildman–Crippen MR) is 62.6 cm³/mol. The highest BCUT2D eigenvalue weighted by Gasteiger charge is 2.06. The number of halogens is 2. The number of ether oxygens (including phenoxy) is 1. The average Bonchev–Trinajstić information content (AvgIpc) is 2.18. The van der Waals surface area contributed by atoms with Gasteiger partial charge >= 0.3 is 5.97 Å². The molecule has 2 N–H and O–H groups in total. The first kappa shape index (κ1) is 16.6. The molecule has 0 fully saturated rings. The number of esters is 1. The van der Waals surface area contributed by atoms with E-state index in [2.05, 4.69) is 4.98 Å². The summed E-state index contributed by atoms with van der Waals surface area (Å²) in [4.78, 5) is 15.1. The van der Waals surface area contributed by atoms with Gasteiger partial charge in [0.05, 0.1) is 12.2 Å². The van der Waals surface area contributed by atoms with Crippen LogP contribution in [0.5, 0.6) is 0 Å². The van der Waals surface area contributed by atoms with Crippen molar-refractivity contribution in [2.75, 3.05) is 6.61 Å². The van der Waals surface area contributed by atoms with Crippen molar-refractivity contribution in [1.29, 1.82) is 0 Å². The Kier molecular flexibility index (Phi) is 9.36. The van der Waals surface area contributed by atoms with Crippen molar-refractivity contribution >= 4 is 30.8 Å². The van der Waals surface area contributed by atoms with Crippen LogP contribution in [0.1, 0.15) is 22.8 Å². The van der Waals surface area contributed by atoms with Crippen LogP contribution in [-0.4, -0.2) is 17.6 Å². The third kappa shape index (κ3) is 4.97. The van der Waals surface area contributed by atoms with Crippen LogP contribution < -0.4 is 5.73 Å². The lowest BCUT2D eigenvalue weighted by molar-refractivity contribution is 0.0525. The summed E-state index contributed by atoms with van der Waals surface area (Å²) in [6, 6.07) is 1.69. The van der Waals surface area contributed by atoms with Gasteiger partial charge in [0.25, 0.3) is 0 Å². The standard InChI is InChI=1S/C9H12N2O2.2ClH/c1-2-13-9(12)8-3-7(4-10)5-11-6-8;;/h3,5-6H,2,4,10H2,1H3;2*1H. The Hall–Kier alpha value is -0.840. The van der Waals surface area contributed by atoms with Crippen LogP contribution in [-0.2, 0) is 11.3 Å². The number of rotatable bonds is 3. The van der Waals surface area contributed by atoms with Gasteiger partial charge in [-0.2, -0.15) is 0 Å². The molecule has 4 nitrogen and oxygen atoms in total. The normalized spacial score (nSPS) is 8.40. The molecule has 0 aromatic carbocycles. The molecule has 0 saturated heterocycles. The molecule has 0 radical (unpaired) electrons. The maximum absolute atomic E-state index is 11.2. The summed E-state index contributed by atoms with van der Waals surface area (Å²) in [5.41, 5.74) is 6.67. The molecule has 0 spiro atoms. The van der Waals surface area contributed by atoms with Gasteiger partial charge in [0.2, 0.25) is 0 Å². The highest BCUT2D eigenvalue weighted by Crippen LogP contribution is 2.03. The Morgan fingerprint density at radius 1 is 1.47 bits per heavy atom. The predicted octanol–water partition coefficient (Wildman–Crippen LogP) is 1.56. The van der Waals surface area contributed by atoms with Gasteiger partial charge in [0.1, 0.15) is 0 Å². The number of nitrogens with zero attached hydrogens (tertiary/aromatic N) is 1. The maximum atomic E-state index is 11.2. The summed E-state index contributed by atoms with van der Waals surface area (Å²) in [6.45, 7) is 2.50. The van der Waals surface area contributed by atoms with E-state index in [1.165, 1.54) is 6.20 Å². The molecule has 0 atom stereocenters. The number of nitrogens with two attached hydrogens (primary N) is 1. The van der Waals surface area contributed by atoms with Crippen molar-refractivity contribution in [2.45, 2.75) is 13.5 Å². The van der Waals surface area contributed by atoms with Crippen LogP contribution in [0.15, 0.2) is 18.5 Å². The molecule has 86 valence electrons. The lowest BCUT2D eigenvalue weighted by Gasteiger charge is -2.02. The van der Waals surface area contributed by atoms with E-state index < -0.39 is 0 Å². The van der Waals surface area contributed by atoms with Gasteiger partial charge in [-0.3, -0.25) is 4.98 Å². The fourth-order valence-electron chi connectivity index (χ4n) is 0.925. The van der Waals surface area contributed by atoms with Crippen LogP contribution in [0.2, 0.25) is 0 Å². The topological polar surface area (TPSA) is 65.2 Å². The first-order chi connectivity index (χ1) is 6.27. The molecule has 0 bridgehead atoms. The number of hydrogen-bond donors (Lipinski definition) is 1. The molecule has 1 rings (SSSR count). The quantitative estimate of drug-likeness (QED) is 0.830. The highest BCUT2D eigenvalue weighted by atomic mass is 35.5. The summed E-state index contributed by atoms with van der Waals surface area (Å²) >= 11 is 0. The van der Waals surface area contributed by atoms with Crippen molar-refractivity contribution in [3.63, 3.8) is 0 Å². The summed E-state index contributed by atoms with van der Waals surface area (Å²) in [7, 11) is 0. The van der Waals surface area contributed by atoms with E-state index in [-0.39, 0.29) is 30.8 Å². The van der Waals surface area contributed by atoms with Gasteiger partial charge in [0, 0.05) is 18.9 Å². The van der Waals surface area contributed by atoms with E-state index in [1.807, 2.05) is 0 Å². The Morgan fingerprint density at radius 2 is 2.13 bits per heavy atom. The average molecular weight is 253 g/mol. The van der Waals surface area contributed by atoms with Crippen molar-refractivity contribution in [1.82, 2.24) is 4.98 Å². The summed E-state index contributed by atoms with van der Waals surface area (Å²) in [6.07, 6.45) is 3.10. The van der Waals surface area contributed by atoms with Crippen molar-refractivity contribution < 1.29 is 9.53 Å². The molecule has 0 aliphatic carbocycles. The molecule has 0 aliphatic heterocycles. The molecule has 1 heterocycles. The van der Waals surface area contributed by atoms with E-state index in [0.29, 0.717) is 18.7 Å². The van der Waals surface area contributed by atoms with Crippen LogP contribution in [0.25, 0.3) is 0 Å². The summed E-state index contributed by atoms with van der Waals surface area (Å²) in [5.74, 6) is -0.356. The Bertz CT molecular complexity index is 308. The number of carbonyl (C=O) groups excluding carboxylic acids is 1. The Labute approximate surface area is 101 Å². The largest absolute Gasteiger partial charge is 0.462 e. The minimum Gasteiger partial charge on any atom is -0.462 e. The second-order valence-corrected chi connectivity index (χ2v) is 2.51. The van der Waals surface area contributed by atoms with Crippen LogP contribution in [0.4, 0.5) is 0 Å². The fourth-order valence-corrected chi connectivity index (χ4v) is 0.925. The summed E-state index contributed by atoms with van der Waals surface area (Å²) < 4.78 is 4.81. The number of carbonyl (C=O) groups is 1. The van der Waals surface area contributed by atoms with E-state index in [1.54, 1.807) is 19.2 Å². The maximum Gasteiger partial charge on any atom is 0.339 e. The second kappa shape index (κ2) is 8.47. The van der Waals surface area contributed by atoms with E-state index in [9.17, 15) is 4.79 Å². The molecular weight excluding hydrogens is 239 g/mol. The number of aromatic nitrogens is 1. The second-order valence-electron chi connectivity index (χ2n) is 2.51. The van der Waals surface area contributed by atoms with Gasteiger partial charge in [-0.1, -0.05) is 0 Å². The minimum atomic E-state index is -0.356. The van der Waals surface area contributed by atoms with Gasteiger partial charge in [-0.05, 0) is 18.6 Å². The van der Waals surface area contributed by atoms with Crippen LogP contribution in [0, 0.1) is 0 Å². The van der Waals surface area contributed by atoms with Crippen molar-refractivity contribution in [2.24, 2.45) is 5.73 Å². The van der Waals surface area contributed by atoms with Gasteiger partial charge < -0.3 is 10.5 Å². The van der Waals surface area contributed by atoms with Gasteiger partial charge in [0.15, 0.2) is 0 Å². The lowest BCUT2D eigenvalue weighted by atomic mass is 10.2. The molecular formula is C9H14Cl2N2O2. The molecule has 0 aliphatic rings. The summed E-state index contributed by atoms with van der Waals surface area (Å²) in [5, 5.41) is 0. The molecule has 0 amide bonds. The zero-order chi connectivity index (χ0) is 9.68. The van der Waals surface area contributed by atoms with E-state index >= 15 is 0 Å². The molecule has 1 aromatic heterocycles. The first-order valence-corrected chi connectivity index (χ1v) is 4.09. The SMILES string of the molecule is CCOC(=O)c1cncc(CN)c1.Cl.Cl. The Balaban J connectivity index is 0. The first-order valence-electron chi connectivity index (χ1n) is 4.09. The number of hydrogen-bond acceptors (Lipinski definition) is 4. The zero-order valence-corrected chi connectivity index (χ0v) is 9.94. The monoisotopic (exact) mass is 252 g/mol. The molecule has 0 saturated carbocycles. The third-order valence-corrected chi connectivity index (χ3v) is 1.54.